The predicted molar refractivity (Wildman–Crippen MR) is 135 cm³/mol. The third-order valence-electron chi connectivity index (χ3n) is 5.42. The van der Waals surface area contributed by atoms with Crippen molar-refractivity contribution in [1.82, 2.24) is 5.32 Å². The van der Waals surface area contributed by atoms with Crippen LogP contribution in [-0.2, 0) is 14.8 Å². The highest BCUT2D eigenvalue weighted by Gasteiger charge is 2.32. The molecule has 0 heterocycles. The molecule has 0 fully saturated rings. The van der Waals surface area contributed by atoms with Crippen LogP contribution in [0.3, 0.4) is 0 Å². The molecule has 0 bridgehead atoms. The first-order valence-electron chi connectivity index (χ1n) is 11.0. The quantitative estimate of drug-likeness (QED) is 0.477. The maximum absolute atomic E-state index is 13.3. The molecule has 0 radical (unpaired) electrons. The summed E-state index contributed by atoms with van der Waals surface area (Å²) in [6.07, 6.45) is 1.31. The Morgan fingerprint density at radius 3 is 2.03 bits per heavy atom. The van der Waals surface area contributed by atoms with Crippen LogP contribution in [0.2, 0.25) is 0 Å². The summed E-state index contributed by atoms with van der Waals surface area (Å²) in [4.78, 5) is 26.3. The molecule has 2 N–H and O–H groups in total. The fourth-order valence-corrected chi connectivity index (χ4v) is 4.95. The van der Waals surface area contributed by atoms with E-state index in [4.69, 9.17) is 0 Å². The number of nitrogens with one attached hydrogen (secondary N) is 2. The van der Waals surface area contributed by atoms with E-state index in [-0.39, 0.29) is 18.4 Å². The third kappa shape index (κ3) is 6.02. The van der Waals surface area contributed by atoms with Crippen LogP contribution >= 0.6 is 0 Å². The van der Waals surface area contributed by atoms with Crippen LogP contribution in [0, 0.1) is 0 Å². The number of amides is 2. The Labute approximate surface area is 200 Å². The van der Waals surface area contributed by atoms with Crippen molar-refractivity contribution < 1.29 is 18.0 Å². The molecule has 3 aromatic rings. The Bertz CT molecular complexity index is 1230. The van der Waals surface area contributed by atoms with Crippen molar-refractivity contribution >= 4 is 33.2 Å². The largest absolute Gasteiger partial charge is 0.345 e. The zero-order chi connectivity index (χ0) is 24.7. The second-order valence-electron chi connectivity index (χ2n) is 7.96. The number of nitrogens with zero attached hydrogens (tertiary/aromatic N) is 1. The predicted octanol–water partition coefficient (Wildman–Crippen LogP) is 4.36. The Morgan fingerprint density at radius 1 is 0.882 bits per heavy atom. The molecular formula is C26H29N3O4S. The molecule has 7 nitrogen and oxygen atoms in total. The number of benzene rings is 3. The van der Waals surface area contributed by atoms with Gasteiger partial charge in [0.1, 0.15) is 6.04 Å². The molecule has 0 aliphatic heterocycles. The lowest BCUT2D eigenvalue weighted by atomic mass is 10.1. The van der Waals surface area contributed by atoms with E-state index < -0.39 is 22.0 Å². The first-order chi connectivity index (χ1) is 16.2. The van der Waals surface area contributed by atoms with E-state index in [0.29, 0.717) is 16.9 Å². The molecule has 0 aromatic heterocycles. The van der Waals surface area contributed by atoms with Crippen molar-refractivity contribution in [3.8, 4) is 0 Å². The molecule has 0 saturated heterocycles. The van der Waals surface area contributed by atoms with Crippen molar-refractivity contribution in [1.29, 1.82) is 0 Å². The van der Waals surface area contributed by atoms with Gasteiger partial charge < -0.3 is 10.6 Å². The van der Waals surface area contributed by atoms with E-state index in [2.05, 4.69) is 10.6 Å². The van der Waals surface area contributed by atoms with E-state index in [1.807, 2.05) is 37.3 Å². The van der Waals surface area contributed by atoms with Crippen molar-refractivity contribution in [2.75, 3.05) is 15.9 Å². The lowest BCUT2D eigenvalue weighted by Gasteiger charge is -2.30. The molecule has 3 rings (SSSR count). The molecule has 0 spiro atoms. The van der Waals surface area contributed by atoms with Gasteiger partial charge in [0.2, 0.25) is 15.9 Å². The van der Waals surface area contributed by atoms with Gasteiger partial charge in [-0.05, 0) is 43.2 Å². The van der Waals surface area contributed by atoms with Crippen LogP contribution in [0.15, 0.2) is 84.9 Å². The number of hydrogen-bond donors (Lipinski definition) is 2. The first kappa shape index (κ1) is 25.0. The Morgan fingerprint density at radius 2 is 1.44 bits per heavy atom. The van der Waals surface area contributed by atoms with E-state index >= 15 is 0 Å². The summed E-state index contributed by atoms with van der Waals surface area (Å²) in [5, 5.41) is 5.72. The normalized spacial score (nSPS) is 12.9. The van der Waals surface area contributed by atoms with Crippen molar-refractivity contribution in [2.45, 2.75) is 32.4 Å². The number of para-hydroxylation sites is 2. The summed E-state index contributed by atoms with van der Waals surface area (Å²) in [6.45, 7) is 3.62. The first-order valence-corrected chi connectivity index (χ1v) is 12.9. The van der Waals surface area contributed by atoms with Gasteiger partial charge in [-0.15, -0.1) is 0 Å². The topological polar surface area (TPSA) is 95.6 Å². The van der Waals surface area contributed by atoms with Crippen LogP contribution < -0.4 is 14.9 Å². The average Bonchev–Trinajstić information content (AvgIpc) is 2.82. The summed E-state index contributed by atoms with van der Waals surface area (Å²) in [5.41, 5.74) is 1.95. The standard InChI is InChI=1S/C26H29N3O4S/c1-4-24(29(34(3,32)33)21-15-9-6-10-16-21)26(31)28-23-18-12-11-17-22(23)25(30)27-19(2)20-13-7-5-8-14-20/h5-19,24H,4H2,1-3H3,(H,27,30)(H,28,31). The van der Waals surface area contributed by atoms with E-state index in [1.165, 1.54) is 0 Å². The maximum atomic E-state index is 13.3. The van der Waals surface area contributed by atoms with Gasteiger partial charge in [-0.3, -0.25) is 13.9 Å². The lowest BCUT2D eigenvalue weighted by Crippen LogP contribution is -2.47. The van der Waals surface area contributed by atoms with Gasteiger partial charge in [0.15, 0.2) is 0 Å². The van der Waals surface area contributed by atoms with Crippen molar-refractivity contribution in [3.05, 3.63) is 96.1 Å². The minimum atomic E-state index is -3.75. The minimum absolute atomic E-state index is 0.236. The molecule has 178 valence electrons. The van der Waals surface area contributed by atoms with Gasteiger partial charge in [-0.1, -0.05) is 67.6 Å². The van der Waals surface area contributed by atoms with Gasteiger partial charge in [-0.2, -0.15) is 0 Å². The van der Waals surface area contributed by atoms with Gasteiger partial charge in [-0.25, -0.2) is 8.42 Å². The molecule has 0 aliphatic rings. The zero-order valence-electron chi connectivity index (χ0n) is 19.4. The fourth-order valence-electron chi connectivity index (χ4n) is 3.74. The summed E-state index contributed by atoms with van der Waals surface area (Å²) in [5.74, 6) is -0.864. The number of hydrogen-bond acceptors (Lipinski definition) is 4. The molecule has 2 amide bonds. The smallest absolute Gasteiger partial charge is 0.253 e. The monoisotopic (exact) mass is 479 g/mol. The highest BCUT2D eigenvalue weighted by molar-refractivity contribution is 7.92. The summed E-state index contributed by atoms with van der Waals surface area (Å²) < 4.78 is 26.3. The molecule has 34 heavy (non-hydrogen) atoms. The molecule has 0 aliphatic carbocycles. The minimum Gasteiger partial charge on any atom is -0.345 e. The van der Waals surface area contributed by atoms with Crippen LogP contribution in [0.4, 0.5) is 11.4 Å². The number of sulfonamides is 1. The zero-order valence-corrected chi connectivity index (χ0v) is 20.2. The Hall–Kier alpha value is -3.65. The van der Waals surface area contributed by atoms with Crippen molar-refractivity contribution in [2.24, 2.45) is 0 Å². The fraction of sp³-hybridized carbons (Fsp3) is 0.231. The van der Waals surface area contributed by atoms with Crippen LogP contribution in [0.25, 0.3) is 0 Å². The van der Waals surface area contributed by atoms with E-state index in [0.717, 1.165) is 16.1 Å². The number of carbonyl (C=O) groups is 2. The SMILES string of the molecule is CCC(C(=O)Nc1ccccc1C(=O)NC(C)c1ccccc1)N(c1ccccc1)S(C)(=O)=O. The maximum Gasteiger partial charge on any atom is 0.253 e. The molecule has 2 atom stereocenters. The highest BCUT2D eigenvalue weighted by atomic mass is 32.2. The van der Waals surface area contributed by atoms with E-state index in [1.54, 1.807) is 61.5 Å². The summed E-state index contributed by atoms with van der Waals surface area (Å²) in [7, 11) is -3.75. The number of carbonyl (C=O) groups excluding carboxylic acids is 2. The van der Waals surface area contributed by atoms with Crippen LogP contribution in [0.5, 0.6) is 0 Å². The molecular weight excluding hydrogens is 450 g/mol. The Kier molecular flexibility index (Phi) is 8.07. The summed E-state index contributed by atoms with van der Waals surface area (Å²) >= 11 is 0. The van der Waals surface area contributed by atoms with E-state index in [9.17, 15) is 18.0 Å². The van der Waals surface area contributed by atoms with Gasteiger partial charge in [0.25, 0.3) is 5.91 Å². The highest BCUT2D eigenvalue weighted by Crippen LogP contribution is 2.24. The van der Waals surface area contributed by atoms with Crippen LogP contribution in [-0.4, -0.2) is 32.5 Å². The average molecular weight is 480 g/mol. The molecule has 8 heteroatoms. The second kappa shape index (κ2) is 11.0. The van der Waals surface area contributed by atoms with Gasteiger partial charge in [0, 0.05) is 0 Å². The van der Waals surface area contributed by atoms with Crippen LogP contribution in [0.1, 0.15) is 42.2 Å². The Balaban J connectivity index is 1.84. The van der Waals surface area contributed by atoms with Crippen molar-refractivity contribution in [3.63, 3.8) is 0 Å². The van der Waals surface area contributed by atoms with Gasteiger partial charge >= 0.3 is 0 Å². The van der Waals surface area contributed by atoms with Gasteiger partial charge in [0.05, 0.1) is 29.2 Å². The number of rotatable bonds is 9. The second-order valence-corrected chi connectivity index (χ2v) is 9.82. The third-order valence-corrected chi connectivity index (χ3v) is 6.60. The molecule has 3 aromatic carbocycles. The lowest BCUT2D eigenvalue weighted by molar-refractivity contribution is -0.117. The summed E-state index contributed by atoms with van der Waals surface area (Å²) in [6, 6.07) is 23.5. The number of anilines is 2. The molecule has 0 saturated carbocycles. The molecule has 2 unspecified atom stereocenters.